The lowest BCUT2D eigenvalue weighted by molar-refractivity contribution is 0.231. The average Bonchev–Trinajstić information content (AvgIpc) is 3.16. The van der Waals surface area contributed by atoms with Gasteiger partial charge in [-0.05, 0) is 69.3 Å². The van der Waals surface area contributed by atoms with E-state index in [-0.39, 0.29) is 5.66 Å². The van der Waals surface area contributed by atoms with Crippen molar-refractivity contribution in [3.63, 3.8) is 0 Å². The van der Waals surface area contributed by atoms with Crippen molar-refractivity contribution in [2.24, 2.45) is 21.5 Å². The van der Waals surface area contributed by atoms with Crippen molar-refractivity contribution in [1.29, 1.82) is 0 Å². The summed E-state index contributed by atoms with van der Waals surface area (Å²) in [4.78, 5) is 16.3. The highest BCUT2D eigenvalue weighted by atomic mass is 15.4. The van der Waals surface area contributed by atoms with Crippen molar-refractivity contribution in [3.8, 4) is 0 Å². The Morgan fingerprint density at radius 1 is 0.893 bits per heavy atom. The predicted molar refractivity (Wildman–Crippen MR) is 115 cm³/mol. The van der Waals surface area contributed by atoms with Crippen molar-refractivity contribution < 1.29 is 0 Å². The molecule has 0 amide bonds. The van der Waals surface area contributed by atoms with Gasteiger partial charge in [0.05, 0.1) is 0 Å². The highest BCUT2D eigenvalue weighted by Crippen LogP contribution is 2.40. The Balaban J connectivity index is 1.39. The monoisotopic (exact) mass is 381 g/mol. The lowest BCUT2D eigenvalue weighted by atomic mass is 9.87. The third kappa shape index (κ3) is 3.02. The number of anilines is 2. The van der Waals surface area contributed by atoms with Crippen LogP contribution < -0.4 is 21.3 Å². The zero-order valence-electron chi connectivity index (χ0n) is 16.6. The maximum absolute atomic E-state index is 6.35. The number of guanidine groups is 2. The summed E-state index contributed by atoms with van der Waals surface area (Å²) in [5.41, 5.74) is 14.3. The van der Waals surface area contributed by atoms with Crippen molar-refractivity contribution in [1.82, 2.24) is 4.90 Å². The van der Waals surface area contributed by atoms with Crippen LogP contribution in [-0.2, 0) is 0 Å². The molecule has 3 aliphatic heterocycles. The molecule has 7 heteroatoms. The second-order valence-corrected chi connectivity index (χ2v) is 8.61. The third-order valence-corrected chi connectivity index (χ3v) is 6.91. The quantitative estimate of drug-likeness (QED) is 0.819. The summed E-state index contributed by atoms with van der Waals surface area (Å²) in [6.07, 6.45) is 8.14. The molecule has 3 fully saturated rings. The molecule has 28 heavy (non-hydrogen) atoms. The Bertz CT molecular complexity index is 778. The van der Waals surface area contributed by atoms with Crippen LogP contribution in [0.15, 0.2) is 34.3 Å². The highest BCUT2D eigenvalue weighted by Gasteiger charge is 2.42. The zero-order valence-corrected chi connectivity index (χ0v) is 16.6. The van der Waals surface area contributed by atoms with Gasteiger partial charge in [-0.3, -0.25) is 9.80 Å². The number of rotatable bonds is 2. The Labute approximate surface area is 167 Å². The van der Waals surface area contributed by atoms with E-state index in [4.69, 9.17) is 16.5 Å². The van der Waals surface area contributed by atoms with Crippen LogP contribution in [-0.4, -0.2) is 54.7 Å². The number of nitrogens with zero attached hydrogens (tertiary/aromatic N) is 5. The zero-order chi connectivity index (χ0) is 19.1. The molecule has 2 saturated heterocycles. The van der Waals surface area contributed by atoms with E-state index in [2.05, 4.69) is 44.0 Å². The SMILES string of the molecule is NC1=NC2(CCCCC2)N(c2ccc(N3CCN4CCCC4C3)cc2)C(N)=N1. The summed E-state index contributed by atoms with van der Waals surface area (Å²) in [6, 6.07) is 9.52. The van der Waals surface area contributed by atoms with Gasteiger partial charge < -0.3 is 16.4 Å². The number of benzene rings is 1. The molecule has 0 radical (unpaired) electrons. The van der Waals surface area contributed by atoms with Gasteiger partial charge in [0, 0.05) is 37.1 Å². The van der Waals surface area contributed by atoms with E-state index in [0.29, 0.717) is 11.9 Å². The van der Waals surface area contributed by atoms with Gasteiger partial charge in [-0.15, -0.1) is 0 Å². The fourth-order valence-corrected chi connectivity index (χ4v) is 5.53. The van der Waals surface area contributed by atoms with Crippen LogP contribution in [0.25, 0.3) is 0 Å². The number of aliphatic imine (C=N–C) groups is 2. The van der Waals surface area contributed by atoms with Crippen LogP contribution in [0.1, 0.15) is 44.9 Å². The lowest BCUT2D eigenvalue weighted by Gasteiger charge is -2.45. The Hall–Kier alpha value is -2.28. The van der Waals surface area contributed by atoms with E-state index in [1.807, 2.05) is 0 Å². The minimum absolute atomic E-state index is 0.307. The largest absolute Gasteiger partial charge is 0.369 e. The molecule has 4 N–H and O–H groups in total. The van der Waals surface area contributed by atoms with Gasteiger partial charge in [0.2, 0.25) is 11.9 Å². The van der Waals surface area contributed by atoms with Crippen LogP contribution in [0, 0.1) is 0 Å². The second-order valence-electron chi connectivity index (χ2n) is 8.61. The van der Waals surface area contributed by atoms with Gasteiger partial charge in [-0.25, -0.2) is 4.99 Å². The van der Waals surface area contributed by atoms with E-state index in [0.717, 1.165) is 50.5 Å². The van der Waals surface area contributed by atoms with Gasteiger partial charge in [-0.2, -0.15) is 4.99 Å². The molecule has 5 rings (SSSR count). The van der Waals surface area contributed by atoms with Gasteiger partial charge in [-0.1, -0.05) is 6.42 Å². The summed E-state index contributed by atoms with van der Waals surface area (Å²) in [6.45, 7) is 4.69. The van der Waals surface area contributed by atoms with E-state index < -0.39 is 0 Å². The van der Waals surface area contributed by atoms with E-state index in [1.54, 1.807) is 0 Å². The Morgan fingerprint density at radius 3 is 2.43 bits per heavy atom. The van der Waals surface area contributed by atoms with Crippen LogP contribution in [0.4, 0.5) is 11.4 Å². The maximum atomic E-state index is 6.35. The molecular formula is C21H31N7. The molecule has 4 aliphatic rings. The number of fused-ring (bicyclic) bond motifs is 1. The first-order valence-electron chi connectivity index (χ1n) is 10.7. The van der Waals surface area contributed by atoms with E-state index in [1.165, 1.54) is 38.0 Å². The molecular weight excluding hydrogens is 350 g/mol. The first-order chi connectivity index (χ1) is 13.6. The summed E-state index contributed by atoms with van der Waals surface area (Å²) in [5, 5.41) is 0. The maximum Gasteiger partial charge on any atom is 0.220 e. The number of hydrogen-bond donors (Lipinski definition) is 2. The molecule has 3 heterocycles. The second kappa shape index (κ2) is 6.95. The van der Waals surface area contributed by atoms with Gasteiger partial charge >= 0.3 is 0 Å². The Morgan fingerprint density at radius 2 is 1.64 bits per heavy atom. The molecule has 1 saturated carbocycles. The molecule has 1 aromatic carbocycles. The molecule has 1 aromatic rings. The van der Waals surface area contributed by atoms with Crippen molar-refractivity contribution in [3.05, 3.63) is 24.3 Å². The van der Waals surface area contributed by atoms with Crippen molar-refractivity contribution >= 4 is 23.3 Å². The minimum Gasteiger partial charge on any atom is -0.369 e. The highest BCUT2D eigenvalue weighted by molar-refractivity contribution is 6.05. The van der Waals surface area contributed by atoms with Gasteiger partial charge in [0.15, 0.2) is 0 Å². The average molecular weight is 382 g/mol. The summed E-state index contributed by atoms with van der Waals surface area (Å²) < 4.78 is 0. The molecule has 150 valence electrons. The standard InChI is InChI=1S/C21H31N7/c22-19-24-20(23)28(21(25-19)10-2-1-3-11-21)17-8-6-16(7-9-17)27-14-13-26-12-4-5-18(26)15-27/h6-9,18H,1-5,10-15H2,(H4,22,23,24,25). The van der Waals surface area contributed by atoms with Crippen LogP contribution in [0.2, 0.25) is 0 Å². The van der Waals surface area contributed by atoms with Crippen LogP contribution >= 0.6 is 0 Å². The molecule has 1 unspecified atom stereocenters. The lowest BCUT2D eigenvalue weighted by Crippen LogP contribution is -2.58. The van der Waals surface area contributed by atoms with E-state index in [9.17, 15) is 0 Å². The molecule has 1 aliphatic carbocycles. The van der Waals surface area contributed by atoms with E-state index >= 15 is 0 Å². The number of piperazine rings is 1. The van der Waals surface area contributed by atoms with Crippen LogP contribution in [0.3, 0.4) is 0 Å². The fraction of sp³-hybridized carbons (Fsp3) is 0.619. The smallest absolute Gasteiger partial charge is 0.220 e. The molecule has 0 aromatic heterocycles. The first kappa shape index (κ1) is 17.8. The van der Waals surface area contributed by atoms with Gasteiger partial charge in [0.25, 0.3) is 0 Å². The topological polar surface area (TPSA) is 86.5 Å². The molecule has 1 atom stereocenters. The molecule has 0 bridgehead atoms. The summed E-state index contributed by atoms with van der Waals surface area (Å²) in [7, 11) is 0. The summed E-state index contributed by atoms with van der Waals surface area (Å²) in [5.74, 6) is 0.767. The number of nitrogens with two attached hydrogens (primary N) is 2. The molecule has 7 nitrogen and oxygen atoms in total. The van der Waals surface area contributed by atoms with Gasteiger partial charge in [0.1, 0.15) is 5.66 Å². The summed E-state index contributed by atoms with van der Waals surface area (Å²) >= 11 is 0. The predicted octanol–water partition coefficient (Wildman–Crippen LogP) is 2.08. The minimum atomic E-state index is -0.370. The molecule has 1 spiro atoms. The first-order valence-corrected chi connectivity index (χ1v) is 10.7. The normalized spacial score (nSPS) is 27.5. The number of hydrogen-bond acceptors (Lipinski definition) is 7. The van der Waals surface area contributed by atoms with Crippen LogP contribution in [0.5, 0.6) is 0 Å². The van der Waals surface area contributed by atoms with Crippen molar-refractivity contribution in [2.45, 2.75) is 56.7 Å². The third-order valence-electron chi connectivity index (χ3n) is 6.91. The van der Waals surface area contributed by atoms with Crippen molar-refractivity contribution in [2.75, 3.05) is 36.0 Å². The fourth-order valence-electron chi connectivity index (χ4n) is 5.53. The Kier molecular flexibility index (Phi) is 4.42.